The van der Waals surface area contributed by atoms with Gasteiger partial charge in [-0.2, -0.15) is 0 Å². The van der Waals surface area contributed by atoms with E-state index in [0.29, 0.717) is 0 Å². The lowest BCUT2D eigenvalue weighted by molar-refractivity contribution is 0.632. The summed E-state index contributed by atoms with van der Waals surface area (Å²) in [5.41, 5.74) is 14.5. The fraction of sp³-hybridized carbons (Fsp3) is 0.0769. The number of para-hydroxylation sites is 4. The van der Waals surface area contributed by atoms with Gasteiger partial charge in [-0.15, -0.1) is 0 Å². The minimum absolute atomic E-state index is 0.158. The summed E-state index contributed by atoms with van der Waals surface area (Å²) in [7, 11) is 0. The van der Waals surface area contributed by atoms with Gasteiger partial charge >= 0.3 is 0 Å². The van der Waals surface area contributed by atoms with Gasteiger partial charge in [0.2, 0.25) is 6.71 Å². The molecule has 0 fully saturated rings. The molecule has 198 valence electrons. The molecule has 0 atom stereocenters. The normalized spacial score (nSPS) is 14.5. The van der Waals surface area contributed by atoms with Crippen molar-refractivity contribution in [3.63, 3.8) is 0 Å². The quantitative estimate of drug-likeness (QED) is 0.207. The van der Waals surface area contributed by atoms with Gasteiger partial charge in [0.1, 0.15) is 11.2 Å². The Bertz CT molecular complexity index is 2190. The van der Waals surface area contributed by atoms with Crippen molar-refractivity contribution in [1.82, 2.24) is 0 Å². The summed E-state index contributed by atoms with van der Waals surface area (Å²) >= 11 is 0. The first-order valence-electron chi connectivity index (χ1n) is 14.7. The SMILES string of the molecule is CC1(C)c2ccc(-c3cccc4c3oc3ccccc34)cc2N2c3ccccc3B(c3ccccc3)c3cccc1c32. The van der Waals surface area contributed by atoms with Gasteiger partial charge in [-0.1, -0.05) is 135 Å². The second-order valence-corrected chi connectivity index (χ2v) is 12.1. The van der Waals surface area contributed by atoms with Crippen LogP contribution < -0.4 is 21.3 Å². The van der Waals surface area contributed by atoms with E-state index in [9.17, 15) is 0 Å². The molecule has 0 bridgehead atoms. The van der Waals surface area contributed by atoms with E-state index in [1.807, 2.05) is 6.07 Å². The Morgan fingerprint density at radius 3 is 2.24 bits per heavy atom. The van der Waals surface area contributed by atoms with E-state index in [1.54, 1.807) is 0 Å². The maximum absolute atomic E-state index is 6.47. The molecule has 0 radical (unpaired) electrons. The highest BCUT2D eigenvalue weighted by Gasteiger charge is 2.44. The molecule has 3 heterocycles. The van der Waals surface area contributed by atoms with Crippen molar-refractivity contribution in [1.29, 1.82) is 0 Å². The Hall–Kier alpha value is -5.02. The Morgan fingerprint density at radius 2 is 1.33 bits per heavy atom. The second-order valence-electron chi connectivity index (χ2n) is 12.1. The third kappa shape index (κ3) is 3.11. The summed E-state index contributed by atoms with van der Waals surface area (Å²) in [5.74, 6) is 0. The second kappa shape index (κ2) is 8.50. The molecular formula is C39H28BNO. The van der Waals surface area contributed by atoms with Gasteiger partial charge in [0, 0.05) is 33.1 Å². The van der Waals surface area contributed by atoms with Gasteiger partial charge in [0.25, 0.3) is 0 Å². The first kappa shape index (κ1) is 23.7. The molecule has 2 aliphatic heterocycles. The minimum atomic E-state index is -0.158. The molecule has 2 aliphatic rings. The first-order chi connectivity index (χ1) is 20.6. The number of rotatable bonds is 2. The van der Waals surface area contributed by atoms with Gasteiger partial charge in [-0.05, 0) is 45.8 Å². The Balaban J connectivity index is 1.32. The summed E-state index contributed by atoms with van der Waals surface area (Å²) in [4.78, 5) is 2.53. The molecule has 0 unspecified atom stereocenters. The van der Waals surface area contributed by atoms with E-state index < -0.39 is 0 Å². The molecule has 9 rings (SSSR count). The molecular weight excluding hydrogens is 509 g/mol. The summed E-state index contributed by atoms with van der Waals surface area (Å²) < 4.78 is 6.47. The number of hydrogen-bond donors (Lipinski definition) is 0. The molecule has 42 heavy (non-hydrogen) atoms. The molecule has 1 aromatic heterocycles. The van der Waals surface area contributed by atoms with Gasteiger partial charge in [0.05, 0.1) is 5.69 Å². The molecule has 0 aliphatic carbocycles. The smallest absolute Gasteiger partial charge is 0.246 e. The number of furan rings is 1. The zero-order chi connectivity index (χ0) is 28.0. The molecule has 3 heteroatoms. The van der Waals surface area contributed by atoms with Crippen LogP contribution in [-0.4, -0.2) is 6.71 Å². The maximum Gasteiger partial charge on any atom is 0.246 e. The van der Waals surface area contributed by atoms with Crippen LogP contribution in [-0.2, 0) is 5.41 Å². The van der Waals surface area contributed by atoms with Crippen molar-refractivity contribution in [3.8, 4) is 11.1 Å². The molecule has 6 aromatic carbocycles. The van der Waals surface area contributed by atoms with Gasteiger partial charge in [0.15, 0.2) is 0 Å². The van der Waals surface area contributed by atoms with Crippen molar-refractivity contribution >= 4 is 62.1 Å². The van der Waals surface area contributed by atoms with Crippen molar-refractivity contribution in [2.75, 3.05) is 4.90 Å². The van der Waals surface area contributed by atoms with Crippen LogP contribution in [0, 0.1) is 0 Å². The third-order valence-electron chi connectivity index (χ3n) is 9.52. The predicted octanol–water partition coefficient (Wildman–Crippen LogP) is 8.19. The van der Waals surface area contributed by atoms with Crippen LogP contribution in [0.1, 0.15) is 25.0 Å². The average Bonchev–Trinajstić information content (AvgIpc) is 3.42. The van der Waals surface area contributed by atoms with Crippen LogP contribution >= 0.6 is 0 Å². The lowest BCUT2D eigenvalue weighted by Crippen LogP contribution is -2.58. The summed E-state index contributed by atoms with van der Waals surface area (Å²) in [6.45, 7) is 4.92. The van der Waals surface area contributed by atoms with Crippen LogP contribution in [0.2, 0.25) is 0 Å². The molecule has 0 saturated carbocycles. The van der Waals surface area contributed by atoms with Gasteiger partial charge in [-0.25, -0.2) is 0 Å². The van der Waals surface area contributed by atoms with E-state index in [4.69, 9.17) is 4.42 Å². The fourth-order valence-corrected chi connectivity index (χ4v) is 7.56. The fourth-order valence-electron chi connectivity index (χ4n) is 7.56. The average molecular weight is 537 g/mol. The number of nitrogens with zero attached hydrogens (tertiary/aromatic N) is 1. The topological polar surface area (TPSA) is 16.4 Å². The molecule has 0 spiro atoms. The molecule has 2 nitrogen and oxygen atoms in total. The van der Waals surface area contributed by atoms with E-state index >= 15 is 0 Å². The monoisotopic (exact) mass is 537 g/mol. The largest absolute Gasteiger partial charge is 0.455 e. The number of hydrogen-bond acceptors (Lipinski definition) is 2. The molecule has 0 N–H and O–H groups in total. The highest BCUT2D eigenvalue weighted by Crippen LogP contribution is 2.53. The first-order valence-corrected chi connectivity index (χ1v) is 14.7. The standard InChI is InChI=1S/C39H28BNO/c1-39(2)30-23-22-25(27-15-10-16-29-28-14-6-9-21-36(28)42-38(27)29)24-35(30)41-34-20-8-7-18-32(34)40(26-12-4-3-5-13-26)33-19-11-17-31(39)37(33)41/h3-24H,1-2H3. The van der Waals surface area contributed by atoms with Crippen LogP contribution in [0.4, 0.5) is 17.1 Å². The van der Waals surface area contributed by atoms with Gasteiger partial charge in [-0.3, -0.25) is 0 Å². The van der Waals surface area contributed by atoms with Crippen LogP contribution in [0.15, 0.2) is 138 Å². The highest BCUT2D eigenvalue weighted by atomic mass is 16.3. The molecule has 0 saturated heterocycles. The van der Waals surface area contributed by atoms with Crippen molar-refractivity contribution < 1.29 is 4.42 Å². The van der Waals surface area contributed by atoms with Crippen LogP contribution in [0.3, 0.4) is 0 Å². The Kier molecular flexibility index (Phi) is 4.79. The van der Waals surface area contributed by atoms with E-state index in [1.165, 1.54) is 44.6 Å². The van der Waals surface area contributed by atoms with Crippen molar-refractivity contribution in [2.45, 2.75) is 19.3 Å². The summed E-state index contributed by atoms with van der Waals surface area (Å²) in [6.07, 6.45) is 0. The van der Waals surface area contributed by atoms with Crippen LogP contribution in [0.5, 0.6) is 0 Å². The number of benzene rings is 6. The van der Waals surface area contributed by atoms with E-state index in [-0.39, 0.29) is 12.1 Å². The zero-order valence-electron chi connectivity index (χ0n) is 23.6. The number of anilines is 3. The van der Waals surface area contributed by atoms with Crippen LogP contribution in [0.25, 0.3) is 33.1 Å². The Labute approximate surface area is 245 Å². The highest BCUT2D eigenvalue weighted by molar-refractivity contribution is 6.98. The predicted molar refractivity (Wildman–Crippen MR) is 177 cm³/mol. The third-order valence-corrected chi connectivity index (χ3v) is 9.52. The lowest BCUT2D eigenvalue weighted by Gasteiger charge is -2.47. The maximum atomic E-state index is 6.47. The molecule has 0 amide bonds. The van der Waals surface area contributed by atoms with Gasteiger partial charge < -0.3 is 9.32 Å². The molecule has 7 aromatic rings. The zero-order valence-corrected chi connectivity index (χ0v) is 23.6. The van der Waals surface area contributed by atoms with Crippen molar-refractivity contribution in [3.05, 3.63) is 145 Å². The number of fused-ring (bicyclic) bond motifs is 7. The summed E-state index contributed by atoms with van der Waals surface area (Å²) in [6, 6.07) is 48.6. The Morgan fingerprint density at radius 1 is 0.595 bits per heavy atom. The van der Waals surface area contributed by atoms with E-state index in [0.717, 1.165) is 33.1 Å². The summed E-state index contributed by atoms with van der Waals surface area (Å²) in [5, 5.41) is 2.31. The lowest BCUT2D eigenvalue weighted by atomic mass is 9.34. The minimum Gasteiger partial charge on any atom is -0.455 e. The van der Waals surface area contributed by atoms with E-state index in [2.05, 4.69) is 146 Å². The van der Waals surface area contributed by atoms with Crippen molar-refractivity contribution in [2.24, 2.45) is 0 Å².